The third-order valence-electron chi connectivity index (χ3n) is 5.34. The number of nitrogens with zero attached hydrogens (tertiary/aromatic N) is 5. The van der Waals surface area contributed by atoms with Crippen LogP contribution in [0.3, 0.4) is 0 Å². The van der Waals surface area contributed by atoms with Gasteiger partial charge in [0.25, 0.3) is 0 Å². The number of nitrogens with two attached hydrogens (primary N) is 1. The zero-order chi connectivity index (χ0) is 32.3. The highest BCUT2D eigenvalue weighted by molar-refractivity contribution is 5.88. The summed E-state index contributed by atoms with van der Waals surface area (Å²) in [5.74, 6) is -1.93. The first-order valence-electron chi connectivity index (χ1n) is 13.7. The Morgan fingerprint density at radius 1 is 0.860 bits per heavy atom. The summed E-state index contributed by atoms with van der Waals surface area (Å²) in [4.78, 5) is 61.1. The first-order valence-corrected chi connectivity index (χ1v) is 13.7. The standard InChI is InChI=1S/C28H43N7O8/c1-24(36)34(42)22-12-7-4-10-20-30-25(37)14-16-27(39)33(32-41)21-11-6-3-9-19-31-26(38)15-17-28(40)35(43)23-13-5-2-8-18-29/h3-7,9-13,20,27,39,42-43H,2,8,14-19,21-23,29H2,1H3,(H,31,38)/b9-3+,10-4+,11-6+,12-7+,13-5+,30-20?. The van der Waals surface area contributed by atoms with Gasteiger partial charge in [0.1, 0.15) is 6.23 Å². The maximum absolute atomic E-state index is 11.9. The summed E-state index contributed by atoms with van der Waals surface area (Å²) >= 11 is 0. The number of unbranched alkanes of at least 4 members (excludes halogenated alkanes) is 1. The van der Waals surface area contributed by atoms with E-state index < -0.39 is 23.9 Å². The van der Waals surface area contributed by atoms with Gasteiger partial charge in [-0.15, -0.1) is 4.91 Å². The van der Waals surface area contributed by atoms with Gasteiger partial charge in [0, 0.05) is 45.4 Å². The summed E-state index contributed by atoms with van der Waals surface area (Å²) < 4.78 is 0. The second kappa shape index (κ2) is 25.4. The van der Waals surface area contributed by atoms with E-state index >= 15 is 0 Å². The van der Waals surface area contributed by atoms with E-state index in [9.17, 15) is 39.6 Å². The number of allylic oxidation sites excluding steroid dienone is 6. The Hall–Kier alpha value is -4.31. The zero-order valence-corrected chi connectivity index (χ0v) is 24.4. The van der Waals surface area contributed by atoms with Crippen LogP contribution in [0.5, 0.6) is 0 Å². The van der Waals surface area contributed by atoms with E-state index in [1.807, 2.05) is 6.08 Å². The number of nitroso groups, excluding NO2 is 1. The number of hydrogen-bond acceptors (Lipinski definition) is 10. The smallest absolute Gasteiger partial charge is 0.246 e. The molecule has 6 N–H and O–H groups in total. The van der Waals surface area contributed by atoms with E-state index in [1.165, 1.54) is 25.3 Å². The quantitative estimate of drug-likeness (QED) is 0.0175. The molecule has 0 bridgehead atoms. The maximum atomic E-state index is 11.9. The van der Waals surface area contributed by atoms with Crippen molar-refractivity contribution in [3.63, 3.8) is 0 Å². The van der Waals surface area contributed by atoms with Gasteiger partial charge in [-0.2, -0.15) is 0 Å². The molecule has 0 spiro atoms. The Bertz CT molecular complexity index is 1040. The summed E-state index contributed by atoms with van der Waals surface area (Å²) in [5, 5.41) is 36.3. The van der Waals surface area contributed by atoms with Crippen LogP contribution in [0.4, 0.5) is 0 Å². The minimum absolute atomic E-state index is 0.0183. The van der Waals surface area contributed by atoms with Gasteiger partial charge in [-0.1, -0.05) is 54.7 Å². The average molecular weight is 606 g/mol. The number of aliphatic hydroxyl groups excluding tert-OH is 1. The highest BCUT2D eigenvalue weighted by Gasteiger charge is 2.15. The monoisotopic (exact) mass is 605 g/mol. The molecular formula is C28H43N7O8. The van der Waals surface area contributed by atoms with Gasteiger partial charge < -0.3 is 16.2 Å². The van der Waals surface area contributed by atoms with Crippen molar-refractivity contribution in [1.82, 2.24) is 20.5 Å². The number of carbonyl (C=O) groups excluding carboxylic acids is 4. The number of nitrogens with one attached hydrogen (secondary N) is 1. The molecular weight excluding hydrogens is 562 g/mol. The fourth-order valence-corrected chi connectivity index (χ4v) is 2.92. The van der Waals surface area contributed by atoms with Crippen LogP contribution in [0.1, 0.15) is 45.4 Å². The van der Waals surface area contributed by atoms with Crippen molar-refractivity contribution < 1.29 is 34.7 Å². The molecule has 0 fully saturated rings. The summed E-state index contributed by atoms with van der Waals surface area (Å²) in [6.07, 6.45) is 17.1. The summed E-state index contributed by atoms with van der Waals surface area (Å²) in [6.45, 7) is 2.01. The molecule has 0 saturated heterocycles. The van der Waals surface area contributed by atoms with Crippen molar-refractivity contribution in [2.45, 2.75) is 51.7 Å². The lowest BCUT2D eigenvalue weighted by Crippen LogP contribution is -2.30. The molecule has 0 rings (SSSR count). The molecule has 1 unspecified atom stereocenters. The number of carbonyl (C=O) groups is 4. The first kappa shape index (κ1) is 38.7. The molecule has 0 aromatic heterocycles. The molecule has 0 saturated carbocycles. The third-order valence-corrected chi connectivity index (χ3v) is 5.34. The molecule has 0 aromatic carbocycles. The van der Waals surface area contributed by atoms with E-state index in [1.54, 1.807) is 42.5 Å². The maximum Gasteiger partial charge on any atom is 0.246 e. The summed E-state index contributed by atoms with van der Waals surface area (Å²) in [7, 11) is 0. The average Bonchev–Trinajstić information content (AvgIpc) is 2.98. The van der Waals surface area contributed by atoms with E-state index in [-0.39, 0.29) is 57.8 Å². The summed E-state index contributed by atoms with van der Waals surface area (Å²) in [6, 6.07) is 0. The van der Waals surface area contributed by atoms with Gasteiger partial charge >= 0.3 is 0 Å². The Labute approximate surface area is 251 Å². The Morgan fingerprint density at radius 3 is 2.23 bits per heavy atom. The fraction of sp³-hybridized carbons (Fsp3) is 0.464. The van der Waals surface area contributed by atoms with Gasteiger partial charge in [0.15, 0.2) is 0 Å². The fourth-order valence-electron chi connectivity index (χ4n) is 2.92. The predicted molar refractivity (Wildman–Crippen MR) is 160 cm³/mol. The first-order chi connectivity index (χ1) is 20.6. The van der Waals surface area contributed by atoms with Crippen LogP contribution in [0, 0.1) is 4.91 Å². The molecule has 0 aliphatic heterocycles. The van der Waals surface area contributed by atoms with E-state index in [4.69, 9.17) is 5.73 Å². The Morgan fingerprint density at radius 2 is 1.53 bits per heavy atom. The Kier molecular flexibility index (Phi) is 22.9. The van der Waals surface area contributed by atoms with Crippen molar-refractivity contribution >= 4 is 29.8 Å². The topological polar surface area (TPSA) is 219 Å². The second-order valence-electron chi connectivity index (χ2n) is 8.85. The number of hydroxylamine groups is 4. The van der Waals surface area contributed by atoms with Gasteiger partial charge in [-0.25, -0.2) is 20.1 Å². The lowest BCUT2D eigenvalue weighted by molar-refractivity contribution is -0.163. The molecule has 0 heterocycles. The predicted octanol–water partition coefficient (Wildman–Crippen LogP) is 1.54. The SMILES string of the molecule is CC(=O)N(O)C/C=C/C=C/C=NC(=O)CCC(O)N(C/C=C/C=C/CNC(=O)CCC(=O)N(O)C/C=C/CCCN)N=O. The minimum Gasteiger partial charge on any atom is -0.372 e. The molecule has 15 heteroatoms. The summed E-state index contributed by atoms with van der Waals surface area (Å²) in [5.41, 5.74) is 5.38. The molecule has 0 radical (unpaired) electrons. The van der Waals surface area contributed by atoms with Crippen LogP contribution in [0.25, 0.3) is 0 Å². The van der Waals surface area contributed by atoms with Gasteiger partial charge in [-0.05, 0) is 25.5 Å². The van der Waals surface area contributed by atoms with Crippen LogP contribution in [-0.4, -0.2) is 99.5 Å². The van der Waals surface area contributed by atoms with Crippen molar-refractivity contribution in [3.8, 4) is 0 Å². The number of aliphatic imine (C=N–C) groups is 1. The van der Waals surface area contributed by atoms with Crippen molar-refractivity contribution in [1.29, 1.82) is 0 Å². The van der Waals surface area contributed by atoms with E-state index in [0.29, 0.717) is 16.7 Å². The highest BCUT2D eigenvalue weighted by Crippen LogP contribution is 2.06. The molecule has 4 amide bonds. The van der Waals surface area contributed by atoms with Crippen LogP contribution >= 0.6 is 0 Å². The number of rotatable bonds is 22. The molecule has 1 atom stereocenters. The zero-order valence-electron chi connectivity index (χ0n) is 24.4. The molecule has 15 nitrogen and oxygen atoms in total. The second-order valence-corrected chi connectivity index (χ2v) is 8.85. The number of amides is 4. The Balaban J connectivity index is 4.22. The lowest BCUT2D eigenvalue weighted by Gasteiger charge is -2.19. The van der Waals surface area contributed by atoms with Crippen LogP contribution in [0.15, 0.2) is 71.0 Å². The molecule has 238 valence electrons. The normalized spacial score (nSPS) is 12.7. The minimum atomic E-state index is -1.30. The highest BCUT2D eigenvalue weighted by atomic mass is 16.5. The lowest BCUT2D eigenvalue weighted by atomic mass is 10.2. The van der Waals surface area contributed by atoms with Crippen molar-refractivity contribution in [3.05, 3.63) is 65.7 Å². The third kappa shape index (κ3) is 22.0. The molecule has 0 aliphatic carbocycles. The van der Waals surface area contributed by atoms with E-state index in [2.05, 4.69) is 15.6 Å². The largest absolute Gasteiger partial charge is 0.372 e. The van der Waals surface area contributed by atoms with Crippen LogP contribution in [-0.2, 0) is 19.2 Å². The van der Waals surface area contributed by atoms with Gasteiger partial charge in [-0.3, -0.25) is 29.6 Å². The molecule has 43 heavy (non-hydrogen) atoms. The van der Waals surface area contributed by atoms with Gasteiger partial charge in [0.2, 0.25) is 23.6 Å². The molecule has 0 aromatic rings. The van der Waals surface area contributed by atoms with Crippen molar-refractivity contribution in [2.75, 3.05) is 32.7 Å². The van der Waals surface area contributed by atoms with Crippen molar-refractivity contribution in [2.24, 2.45) is 16.0 Å². The number of hydrogen-bond donors (Lipinski definition) is 5. The number of aliphatic hydroxyl groups is 1. The molecule has 0 aliphatic rings. The van der Waals surface area contributed by atoms with Gasteiger partial charge in [0.05, 0.1) is 24.9 Å². The van der Waals surface area contributed by atoms with E-state index in [0.717, 1.165) is 17.9 Å². The van der Waals surface area contributed by atoms with Crippen LogP contribution in [0.2, 0.25) is 0 Å². The van der Waals surface area contributed by atoms with Crippen LogP contribution < -0.4 is 11.1 Å².